The number of sulfonamides is 1. The first-order valence-electron chi connectivity index (χ1n) is 6.83. The second-order valence-corrected chi connectivity index (χ2v) is 7.02. The molecule has 0 unspecified atom stereocenters. The molecule has 0 fully saturated rings. The summed E-state index contributed by atoms with van der Waals surface area (Å²) >= 11 is 0. The SMILES string of the molecule is CC(=CC(C)C)NNS(=O)(=O)c1ccc2ccccc2c1. The van der Waals surface area contributed by atoms with Gasteiger partial charge < -0.3 is 5.43 Å². The molecule has 112 valence electrons. The summed E-state index contributed by atoms with van der Waals surface area (Å²) in [5.74, 6) is 0.350. The van der Waals surface area contributed by atoms with Crippen molar-refractivity contribution < 1.29 is 8.42 Å². The van der Waals surface area contributed by atoms with Crippen molar-refractivity contribution in [2.24, 2.45) is 5.92 Å². The summed E-state index contributed by atoms with van der Waals surface area (Å²) < 4.78 is 24.5. The van der Waals surface area contributed by atoms with Crippen LogP contribution in [0.5, 0.6) is 0 Å². The van der Waals surface area contributed by atoms with E-state index in [-0.39, 0.29) is 4.90 Å². The summed E-state index contributed by atoms with van der Waals surface area (Å²) in [4.78, 5) is 2.64. The van der Waals surface area contributed by atoms with Crippen molar-refractivity contribution in [3.8, 4) is 0 Å². The van der Waals surface area contributed by atoms with Gasteiger partial charge in [0.2, 0.25) is 0 Å². The van der Waals surface area contributed by atoms with Crippen molar-refractivity contribution in [3.63, 3.8) is 0 Å². The average Bonchev–Trinajstić information content (AvgIpc) is 2.44. The first-order chi connectivity index (χ1) is 9.88. The molecule has 0 spiro atoms. The van der Waals surface area contributed by atoms with Crippen molar-refractivity contribution in [2.45, 2.75) is 25.7 Å². The average molecular weight is 304 g/mol. The molecule has 0 aliphatic heterocycles. The number of hydrazine groups is 1. The number of allylic oxidation sites excluding steroid dienone is 2. The molecule has 0 saturated heterocycles. The van der Waals surface area contributed by atoms with E-state index in [9.17, 15) is 8.42 Å². The third-order valence-electron chi connectivity index (χ3n) is 3.00. The van der Waals surface area contributed by atoms with E-state index in [1.165, 1.54) is 0 Å². The van der Waals surface area contributed by atoms with Gasteiger partial charge in [0.1, 0.15) is 0 Å². The van der Waals surface area contributed by atoms with Gasteiger partial charge in [-0.15, -0.1) is 4.83 Å². The van der Waals surface area contributed by atoms with E-state index in [2.05, 4.69) is 10.3 Å². The number of rotatable bonds is 5. The molecule has 2 aromatic rings. The Morgan fingerprint density at radius 2 is 1.76 bits per heavy atom. The van der Waals surface area contributed by atoms with Crippen LogP contribution in [0.15, 0.2) is 59.1 Å². The fourth-order valence-corrected chi connectivity index (χ4v) is 3.03. The van der Waals surface area contributed by atoms with Gasteiger partial charge in [-0.1, -0.05) is 50.3 Å². The van der Waals surface area contributed by atoms with E-state index in [1.54, 1.807) is 18.2 Å². The zero-order chi connectivity index (χ0) is 15.5. The standard InChI is InChI=1S/C16H20N2O2S/c1-12(2)10-13(3)17-18-21(19,20)16-9-8-14-6-4-5-7-15(14)11-16/h4-12,17-18H,1-3H3. The third-order valence-corrected chi connectivity index (χ3v) is 4.24. The molecule has 4 nitrogen and oxygen atoms in total. The van der Waals surface area contributed by atoms with Crippen molar-refractivity contribution in [2.75, 3.05) is 0 Å². The highest BCUT2D eigenvalue weighted by Crippen LogP contribution is 2.18. The van der Waals surface area contributed by atoms with E-state index < -0.39 is 10.0 Å². The number of fused-ring (bicyclic) bond motifs is 1. The quantitative estimate of drug-likeness (QED) is 0.834. The highest BCUT2D eigenvalue weighted by molar-refractivity contribution is 7.89. The van der Waals surface area contributed by atoms with Gasteiger partial charge in [0.05, 0.1) is 4.90 Å². The fourth-order valence-electron chi connectivity index (χ4n) is 2.08. The van der Waals surface area contributed by atoms with Gasteiger partial charge in [0.15, 0.2) is 0 Å². The van der Waals surface area contributed by atoms with Crippen LogP contribution in [0.1, 0.15) is 20.8 Å². The Labute approximate surface area is 125 Å². The highest BCUT2D eigenvalue weighted by Gasteiger charge is 2.13. The number of hydrogen-bond acceptors (Lipinski definition) is 3. The van der Waals surface area contributed by atoms with Gasteiger partial charge in [-0.2, -0.15) is 0 Å². The highest BCUT2D eigenvalue weighted by atomic mass is 32.2. The Kier molecular flexibility index (Phi) is 4.65. The van der Waals surface area contributed by atoms with Crippen LogP contribution in [0.4, 0.5) is 0 Å². The molecule has 0 aliphatic rings. The molecule has 0 radical (unpaired) electrons. The van der Waals surface area contributed by atoms with Crippen LogP contribution in [0.25, 0.3) is 10.8 Å². The van der Waals surface area contributed by atoms with E-state index in [0.717, 1.165) is 16.5 Å². The zero-order valence-corrected chi connectivity index (χ0v) is 13.2. The topological polar surface area (TPSA) is 58.2 Å². The second-order valence-electron chi connectivity index (χ2n) is 5.33. The second kappa shape index (κ2) is 6.28. The van der Waals surface area contributed by atoms with Crippen LogP contribution in [-0.4, -0.2) is 8.42 Å². The molecule has 0 atom stereocenters. The lowest BCUT2D eigenvalue weighted by atomic mass is 10.1. The van der Waals surface area contributed by atoms with Crippen molar-refractivity contribution in [1.82, 2.24) is 10.3 Å². The summed E-state index contributed by atoms with van der Waals surface area (Å²) in [5.41, 5.74) is 3.50. The minimum absolute atomic E-state index is 0.242. The van der Waals surface area contributed by atoms with Crippen LogP contribution in [0.2, 0.25) is 0 Å². The van der Waals surface area contributed by atoms with Gasteiger partial charge in [-0.25, -0.2) is 8.42 Å². The lowest BCUT2D eigenvalue weighted by Crippen LogP contribution is -2.36. The molecule has 2 aromatic carbocycles. The molecule has 0 heterocycles. The largest absolute Gasteiger partial charge is 0.313 e. The maximum Gasteiger partial charge on any atom is 0.257 e. The monoisotopic (exact) mass is 304 g/mol. The van der Waals surface area contributed by atoms with Crippen LogP contribution >= 0.6 is 0 Å². The lowest BCUT2D eigenvalue weighted by molar-refractivity contribution is 0.570. The first kappa shape index (κ1) is 15.5. The molecule has 0 bridgehead atoms. The molecule has 0 amide bonds. The lowest BCUT2D eigenvalue weighted by Gasteiger charge is -2.11. The molecule has 21 heavy (non-hydrogen) atoms. The summed E-state index contributed by atoms with van der Waals surface area (Å²) in [5, 5.41) is 1.91. The van der Waals surface area contributed by atoms with Gasteiger partial charge in [0.25, 0.3) is 10.0 Å². The minimum atomic E-state index is -3.58. The minimum Gasteiger partial charge on any atom is -0.313 e. The predicted molar refractivity (Wildman–Crippen MR) is 86.0 cm³/mol. The number of benzene rings is 2. The normalized spacial score (nSPS) is 12.9. The van der Waals surface area contributed by atoms with E-state index in [0.29, 0.717) is 5.92 Å². The van der Waals surface area contributed by atoms with E-state index >= 15 is 0 Å². The summed E-state index contributed by atoms with van der Waals surface area (Å²) in [6, 6.07) is 12.7. The van der Waals surface area contributed by atoms with Crippen molar-refractivity contribution in [3.05, 3.63) is 54.2 Å². The molecule has 5 heteroatoms. The Hall–Kier alpha value is -1.85. The van der Waals surface area contributed by atoms with Crippen LogP contribution in [-0.2, 0) is 10.0 Å². The Morgan fingerprint density at radius 1 is 1.10 bits per heavy atom. The number of hydrogen-bond donors (Lipinski definition) is 2. The third kappa shape index (κ3) is 4.06. The van der Waals surface area contributed by atoms with Gasteiger partial charge in [-0.05, 0) is 35.7 Å². The molecule has 0 aliphatic carbocycles. The molecule has 2 N–H and O–H groups in total. The smallest absolute Gasteiger partial charge is 0.257 e. The first-order valence-corrected chi connectivity index (χ1v) is 8.32. The molecule has 0 saturated carbocycles. The molecular formula is C16H20N2O2S. The van der Waals surface area contributed by atoms with E-state index in [1.807, 2.05) is 51.1 Å². The van der Waals surface area contributed by atoms with Gasteiger partial charge in [-0.3, -0.25) is 0 Å². The van der Waals surface area contributed by atoms with Crippen molar-refractivity contribution >= 4 is 20.8 Å². The summed E-state index contributed by atoms with van der Waals surface area (Å²) in [7, 11) is -3.58. The maximum atomic E-state index is 12.3. The summed E-state index contributed by atoms with van der Waals surface area (Å²) in [6.07, 6.45) is 1.95. The maximum absolute atomic E-state index is 12.3. The fraction of sp³-hybridized carbons (Fsp3) is 0.250. The van der Waals surface area contributed by atoms with E-state index in [4.69, 9.17) is 0 Å². The van der Waals surface area contributed by atoms with Crippen LogP contribution in [0.3, 0.4) is 0 Å². The zero-order valence-electron chi connectivity index (χ0n) is 12.4. The van der Waals surface area contributed by atoms with Gasteiger partial charge >= 0.3 is 0 Å². The molecular weight excluding hydrogens is 284 g/mol. The molecule has 2 rings (SSSR count). The predicted octanol–water partition coefficient (Wildman–Crippen LogP) is 3.18. The molecule has 0 aromatic heterocycles. The Bertz CT molecular complexity index is 765. The van der Waals surface area contributed by atoms with Gasteiger partial charge in [0, 0.05) is 5.70 Å². The summed E-state index contributed by atoms with van der Waals surface area (Å²) in [6.45, 7) is 5.88. The Balaban J connectivity index is 2.21. The van der Waals surface area contributed by atoms with Crippen molar-refractivity contribution in [1.29, 1.82) is 0 Å². The van der Waals surface area contributed by atoms with Crippen LogP contribution < -0.4 is 10.3 Å². The van der Waals surface area contributed by atoms with Crippen LogP contribution in [0, 0.1) is 5.92 Å². The number of nitrogens with one attached hydrogen (secondary N) is 2. The Morgan fingerprint density at radius 3 is 2.43 bits per heavy atom.